The molecule has 1 aromatic carbocycles. The summed E-state index contributed by atoms with van der Waals surface area (Å²) in [6.45, 7) is 1.04. The molecule has 1 atom stereocenters. The Morgan fingerprint density at radius 2 is 1.97 bits per heavy atom. The number of aromatic nitrogens is 2. The van der Waals surface area contributed by atoms with Crippen molar-refractivity contribution in [3.8, 4) is 0 Å². The Hall–Kier alpha value is -3.45. The molecule has 9 nitrogen and oxygen atoms in total. The molecule has 180 valence electrons. The minimum Gasteiger partial charge on any atom is -0.475 e. The quantitative estimate of drug-likeness (QED) is 0.485. The molecule has 0 aliphatic carbocycles. The molecular weight excluding hydrogens is 499 g/mol. The lowest BCUT2D eigenvalue weighted by molar-refractivity contribution is -0.192. The Bertz CT molecular complexity index is 1240. The number of halogens is 4. The molecule has 3 heterocycles. The summed E-state index contributed by atoms with van der Waals surface area (Å²) in [6, 6.07) is 8.48. The number of nitrogens with zero attached hydrogens (tertiary/aromatic N) is 3. The first-order chi connectivity index (χ1) is 16.0. The number of aliphatic carboxylic acids is 1. The molecule has 3 aromatic rings. The van der Waals surface area contributed by atoms with Crippen LogP contribution >= 0.6 is 22.9 Å². The maximum Gasteiger partial charge on any atom is 0.490 e. The average molecular weight is 516 g/mol. The molecule has 34 heavy (non-hydrogen) atoms. The van der Waals surface area contributed by atoms with Crippen molar-refractivity contribution in [1.29, 1.82) is 0 Å². The van der Waals surface area contributed by atoms with Crippen LogP contribution in [0.1, 0.15) is 21.7 Å². The number of hydrogen-bond acceptors (Lipinski definition) is 7. The number of alkyl halides is 3. The van der Waals surface area contributed by atoms with E-state index in [2.05, 4.69) is 15.3 Å². The van der Waals surface area contributed by atoms with Gasteiger partial charge in [-0.05, 0) is 36.2 Å². The van der Waals surface area contributed by atoms with Crippen molar-refractivity contribution >= 4 is 57.4 Å². The number of benzene rings is 1. The Labute approximate surface area is 199 Å². The number of thiophene rings is 1. The average Bonchev–Trinajstić information content (AvgIpc) is 3.34. The van der Waals surface area contributed by atoms with E-state index in [9.17, 15) is 22.8 Å². The van der Waals surface area contributed by atoms with E-state index >= 15 is 0 Å². The number of fused-ring (bicyclic) bond motifs is 1. The van der Waals surface area contributed by atoms with Crippen LogP contribution in [0.2, 0.25) is 4.34 Å². The Kier molecular flexibility index (Phi) is 7.57. The number of hydrogen-bond donors (Lipinski definition) is 3. The van der Waals surface area contributed by atoms with E-state index in [4.69, 9.17) is 27.2 Å². The second kappa shape index (κ2) is 10.2. The van der Waals surface area contributed by atoms with E-state index in [0.29, 0.717) is 34.5 Å². The highest BCUT2D eigenvalue weighted by Crippen LogP contribution is 2.23. The molecule has 0 bridgehead atoms. The fourth-order valence-corrected chi connectivity index (χ4v) is 4.08. The topological polar surface area (TPSA) is 139 Å². The zero-order valence-electron chi connectivity index (χ0n) is 17.2. The summed E-state index contributed by atoms with van der Waals surface area (Å²) in [6.07, 6.45) is -3.09. The zero-order chi connectivity index (χ0) is 25.0. The molecule has 0 unspecified atom stereocenters. The van der Waals surface area contributed by atoms with Gasteiger partial charge in [0.1, 0.15) is 18.2 Å². The number of nitrogens with one attached hydrogen (secondary N) is 1. The lowest BCUT2D eigenvalue weighted by Gasteiger charge is -2.17. The van der Waals surface area contributed by atoms with E-state index < -0.39 is 18.2 Å². The summed E-state index contributed by atoms with van der Waals surface area (Å²) in [7, 11) is 0. The van der Waals surface area contributed by atoms with Crippen molar-refractivity contribution in [2.75, 3.05) is 12.3 Å². The van der Waals surface area contributed by atoms with Gasteiger partial charge in [-0.3, -0.25) is 9.59 Å². The molecule has 0 saturated carbocycles. The molecule has 0 radical (unpaired) electrons. The number of nitrogen functional groups attached to an aromatic ring is 1. The summed E-state index contributed by atoms with van der Waals surface area (Å²) < 4.78 is 32.3. The molecule has 0 spiro atoms. The van der Waals surface area contributed by atoms with Crippen LogP contribution in [0.3, 0.4) is 0 Å². The third kappa shape index (κ3) is 6.11. The number of rotatable bonds is 4. The Morgan fingerprint density at radius 1 is 1.26 bits per heavy atom. The minimum atomic E-state index is -5.08. The molecule has 4 N–H and O–H groups in total. The minimum absolute atomic E-state index is 0.0895. The van der Waals surface area contributed by atoms with Gasteiger partial charge in [-0.1, -0.05) is 17.7 Å². The third-order valence-electron chi connectivity index (χ3n) is 4.75. The van der Waals surface area contributed by atoms with Gasteiger partial charge in [0, 0.05) is 18.5 Å². The van der Waals surface area contributed by atoms with Gasteiger partial charge in [0.25, 0.3) is 5.91 Å². The van der Waals surface area contributed by atoms with Crippen LogP contribution in [-0.4, -0.2) is 56.5 Å². The summed E-state index contributed by atoms with van der Waals surface area (Å²) in [5, 5.41) is 10.7. The number of anilines is 1. The molecule has 1 aliphatic heterocycles. The predicted molar refractivity (Wildman–Crippen MR) is 118 cm³/mol. The molecule has 1 saturated heterocycles. The highest BCUT2D eigenvalue weighted by molar-refractivity contribution is 7.18. The largest absolute Gasteiger partial charge is 0.490 e. The molecule has 1 aliphatic rings. The number of amides is 2. The lowest BCUT2D eigenvalue weighted by Crippen LogP contribution is -2.41. The monoisotopic (exact) mass is 515 g/mol. The molecule has 1 fully saturated rings. The van der Waals surface area contributed by atoms with Crippen molar-refractivity contribution in [1.82, 2.24) is 20.2 Å². The molecule has 14 heteroatoms. The predicted octanol–water partition coefficient (Wildman–Crippen LogP) is 3.09. The zero-order valence-corrected chi connectivity index (χ0v) is 18.7. The van der Waals surface area contributed by atoms with Crippen molar-refractivity contribution in [2.45, 2.75) is 25.2 Å². The van der Waals surface area contributed by atoms with Gasteiger partial charge in [-0.25, -0.2) is 14.8 Å². The summed E-state index contributed by atoms with van der Waals surface area (Å²) in [5.74, 6) is -2.69. The normalized spacial score (nSPS) is 15.7. The van der Waals surface area contributed by atoms with Gasteiger partial charge in [0.05, 0.1) is 14.7 Å². The fourth-order valence-electron chi connectivity index (χ4n) is 3.14. The van der Waals surface area contributed by atoms with E-state index in [0.717, 1.165) is 16.5 Å². The number of likely N-dealkylation sites (tertiary alicyclic amines) is 1. The smallest absolute Gasteiger partial charge is 0.475 e. The van der Waals surface area contributed by atoms with Crippen LogP contribution in [0.25, 0.3) is 10.9 Å². The summed E-state index contributed by atoms with van der Waals surface area (Å²) >= 11 is 7.05. The second-order valence-corrected chi connectivity index (χ2v) is 8.81. The number of carbonyl (C=O) groups excluding carboxylic acids is 2. The number of nitrogens with two attached hydrogens (primary N) is 1. The van der Waals surface area contributed by atoms with Crippen molar-refractivity contribution in [3.63, 3.8) is 0 Å². The molecule has 2 aromatic heterocycles. The van der Waals surface area contributed by atoms with Crippen LogP contribution in [0.15, 0.2) is 36.7 Å². The van der Waals surface area contributed by atoms with E-state index in [1.807, 2.05) is 18.2 Å². The van der Waals surface area contributed by atoms with Gasteiger partial charge in [-0.15, -0.1) is 11.3 Å². The van der Waals surface area contributed by atoms with Crippen LogP contribution < -0.4 is 11.1 Å². The summed E-state index contributed by atoms with van der Waals surface area (Å²) in [4.78, 5) is 44.2. The van der Waals surface area contributed by atoms with E-state index in [1.165, 1.54) is 17.7 Å². The van der Waals surface area contributed by atoms with Gasteiger partial charge < -0.3 is 21.1 Å². The maximum absolute atomic E-state index is 12.6. The van der Waals surface area contributed by atoms with Gasteiger partial charge in [0.15, 0.2) is 0 Å². The first-order valence-electron chi connectivity index (χ1n) is 9.60. The summed E-state index contributed by atoms with van der Waals surface area (Å²) in [5.41, 5.74) is 7.53. The van der Waals surface area contributed by atoms with Crippen LogP contribution in [0, 0.1) is 0 Å². The van der Waals surface area contributed by atoms with Crippen LogP contribution in [-0.2, 0) is 16.1 Å². The van der Waals surface area contributed by atoms with Gasteiger partial charge in [0.2, 0.25) is 5.91 Å². The first-order valence-corrected chi connectivity index (χ1v) is 10.8. The number of carboxylic acid groups (broad SMARTS) is 1. The molecule has 4 rings (SSSR count). The van der Waals surface area contributed by atoms with Crippen LogP contribution in [0.5, 0.6) is 0 Å². The Morgan fingerprint density at radius 3 is 2.59 bits per heavy atom. The number of carboxylic acids is 1. The highest BCUT2D eigenvalue weighted by Gasteiger charge is 2.38. The first kappa shape index (κ1) is 25.2. The molecular formula is C20H17ClF3N5O4S. The number of carbonyl (C=O) groups is 3. The lowest BCUT2D eigenvalue weighted by atomic mass is 10.1. The van der Waals surface area contributed by atoms with Gasteiger partial charge >= 0.3 is 12.1 Å². The standard InChI is InChI=1S/C18H16ClN5O2S.C2HF3O2/c19-15-4-3-14(27-15)17(25)23-12-5-6-24(18(12)26)8-10-1-2-11-13(7-10)21-9-22-16(11)20;3-2(4,5)1(6)7/h1-4,7,9,12H,5-6,8H2,(H,23,25)(H2,20,21,22);(H,6,7)/t12-;/m0./s1. The Balaban J connectivity index is 0.000000406. The van der Waals surface area contributed by atoms with Crippen molar-refractivity contribution < 1.29 is 32.7 Å². The van der Waals surface area contributed by atoms with Gasteiger partial charge in [-0.2, -0.15) is 13.2 Å². The third-order valence-corrected chi connectivity index (χ3v) is 5.98. The second-order valence-electron chi connectivity index (χ2n) is 7.09. The van der Waals surface area contributed by atoms with E-state index in [-0.39, 0.29) is 11.8 Å². The highest BCUT2D eigenvalue weighted by atomic mass is 35.5. The van der Waals surface area contributed by atoms with E-state index in [1.54, 1.807) is 17.0 Å². The van der Waals surface area contributed by atoms with Crippen molar-refractivity contribution in [2.24, 2.45) is 0 Å². The van der Waals surface area contributed by atoms with Crippen molar-refractivity contribution in [3.05, 3.63) is 51.4 Å². The molecule has 2 amide bonds. The fraction of sp³-hybridized carbons (Fsp3) is 0.250. The SMILES string of the molecule is Nc1ncnc2cc(CN3CC[C@H](NC(=O)c4ccc(Cl)s4)C3=O)ccc12.O=C(O)C(F)(F)F. The van der Waals surface area contributed by atoms with Crippen LogP contribution in [0.4, 0.5) is 19.0 Å². The maximum atomic E-state index is 12.6.